The number of nitrogens with zero attached hydrogens (tertiary/aromatic N) is 1. The monoisotopic (exact) mass is 249 g/mol. The fraction of sp³-hybridized carbons (Fsp3) is 0.385. The van der Waals surface area contributed by atoms with Crippen molar-refractivity contribution in [2.24, 2.45) is 0 Å². The number of amides is 2. The number of nitrogens with one attached hydrogen (secondary N) is 1. The first-order valence-electron chi connectivity index (χ1n) is 5.86. The molecule has 5 heteroatoms. The minimum atomic E-state index is -0.220. The summed E-state index contributed by atoms with van der Waals surface area (Å²) in [6.07, 6.45) is 0. The lowest BCUT2D eigenvalue weighted by Crippen LogP contribution is -2.39. The lowest BCUT2D eigenvalue weighted by molar-refractivity contribution is -0.121. The van der Waals surface area contributed by atoms with E-state index in [1.54, 1.807) is 19.2 Å². The lowest BCUT2D eigenvalue weighted by Gasteiger charge is -2.21. The fourth-order valence-electron chi connectivity index (χ4n) is 1.62. The molecule has 18 heavy (non-hydrogen) atoms. The van der Waals surface area contributed by atoms with Crippen molar-refractivity contribution in [3.63, 3.8) is 0 Å². The topological polar surface area (TPSA) is 75.4 Å². The molecule has 0 aliphatic rings. The van der Waals surface area contributed by atoms with Crippen LogP contribution < -0.4 is 11.1 Å². The van der Waals surface area contributed by atoms with Crippen molar-refractivity contribution in [2.75, 3.05) is 25.9 Å². The Kier molecular flexibility index (Phi) is 4.71. The third-order valence-corrected chi connectivity index (χ3v) is 2.84. The Hall–Kier alpha value is -2.04. The van der Waals surface area contributed by atoms with E-state index in [9.17, 15) is 9.59 Å². The van der Waals surface area contributed by atoms with Crippen molar-refractivity contribution in [2.45, 2.75) is 13.8 Å². The molecular weight excluding hydrogens is 230 g/mol. The van der Waals surface area contributed by atoms with E-state index in [2.05, 4.69) is 5.32 Å². The van der Waals surface area contributed by atoms with Gasteiger partial charge in [-0.05, 0) is 25.5 Å². The number of hydrogen-bond donors (Lipinski definition) is 2. The van der Waals surface area contributed by atoms with Crippen LogP contribution >= 0.6 is 0 Å². The van der Waals surface area contributed by atoms with Crippen LogP contribution in [0.4, 0.5) is 5.69 Å². The van der Waals surface area contributed by atoms with Gasteiger partial charge in [-0.1, -0.05) is 12.1 Å². The van der Waals surface area contributed by atoms with Gasteiger partial charge in [0.2, 0.25) is 5.91 Å². The first-order valence-corrected chi connectivity index (χ1v) is 5.86. The van der Waals surface area contributed by atoms with E-state index < -0.39 is 0 Å². The zero-order valence-electron chi connectivity index (χ0n) is 11.0. The Morgan fingerprint density at radius 2 is 2.06 bits per heavy atom. The van der Waals surface area contributed by atoms with E-state index in [-0.39, 0.29) is 18.4 Å². The van der Waals surface area contributed by atoms with Gasteiger partial charge in [0.05, 0.1) is 12.1 Å². The normalized spacial score (nSPS) is 9.94. The van der Waals surface area contributed by atoms with Crippen LogP contribution in [0.1, 0.15) is 22.8 Å². The van der Waals surface area contributed by atoms with Gasteiger partial charge in [0.25, 0.3) is 5.91 Å². The van der Waals surface area contributed by atoms with Crippen molar-refractivity contribution in [3.8, 4) is 0 Å². The second-order valence-electron chi connectivity index (χ2n) is 4.03. The summed E-state index contributed by atoms with van der Waals surface area (Å²) in [6, 6.07) is 5.31. The minimum Gasteiger partial charge on any atom is -0.398 e. The van der Waals surface area contributed by atoms with Crippen LogP contribution in [-0.2, 0) is 4.79 Å². The molecule has 0 spiro atoms. The van der Waals surface area contributed by atoms with E-state index in [1.165, 1.54) is 4.90 Å². The molecule has 0 aliphatic carbocycles. The smallest absolute Gasteiger partial charge is 0.256 e. The van der Waals surface area contributed by atoms with Gasteiger partial charge in [0, 0.05) is 19.3 Å². The van der Waals surface area contributed by atoms with Gasteiger partial charge in [-0.2, -0.15) is 0 Å². The Labute approximate surface area is 107 Å². The SMILES string of the molecule is CCN(CC(=O)NC)C(=O)c1cccc(C)c1N. The van der Waals surface area contributed by atoms with Crippen LogP contribution in [-0.4, -0.2) is 36.9 Å². The maximum atomic E-state index is 12.3. The fourth-order valence-corrected chi connectivity index (χ4v) is 1.62. The lowest BCUT2D eigenvalue weighted by atomic mass is 10.1. The maximum absolute atomic E-state index is 12.3. The Balaban J connectivity index is 2.97. The number of carbonyl (C=O) groups is 2. The molecule has 98 valence electrons. The van der Waals surface area contributed by atoms with Gasteiger partial charge in [-0.15, -0.1) is 0 Å². The summed E-state index contributed by atoms with van der Waals surface area (Å²) in [6.45, 7) is 4.17. The minimum absolute atomic E-state index is 0.0409. The number of benzene rings is 1. The second-order valence-corrected chi connectivity index (χ2v) is 4.03. The second kappa shape index (κ2) is 6.05. The van der Waals surface area contributed by atoms with Crippen molar-refractivity contribution < 1.29 is 9.59 Å². The summed E-state index contributed by atoms with van der Waals surface area (Å²) in [5.74, 6) is -0.418. The van der Waals surface area contributed by atoms with Crippen LogP contribution in [0, 0.1) is 6.92 Å². The summed E-state index contributed by atoms with van der Waals surface area (Å²) >= 11 is 0. The van der Waals surface area contributed by atoms with Gasteiger partial charge in [0.15, 0.2) is 0 Å². The predicted molar refractivity (Wildman–Crippen MR) is 71.2 cm³/mol. The number of aryl methyl sites for hydroxylation is 1. The molecule has 5 nitrogen and oxygen atoms in total. The van der Waals surface area contributed by atoms with Crippen molar-refractivity contribution in [1.82, 2.24) is 10.2 Å². The van der Waals surface area contributed by atoms with Crippen molar-refractivity contribution >= 4 is 17.5 Å². The molecule has 0 fully saturated rings. The van der Waals surface area contributed by atoms with E-state index >= 15 is 0 Å². The molecule has 0 saturated carbocycles. The van der Waals surface area contributed by atoms with Crippen LogP contribution in [0.25, 0.3) is 0 Å². The summed E-state index contributed by atoms with van der Waals surface area (Å²) < 4.78 is 0. The van der Waals surface area contributed by atoms with Crippen LogP contribution in [0.2, 0.25) is 0 Å². The van der Waals surface area contributed by atoms with Crippen molar-refractivity contribution in [1.29, 1.82) is 0 Å². The van der Waals surface area contributed by atoms with Gasteiger partial charge in [-0.3, -0.25) is 9.59 Å². The average Bonchev–Trinajstić information content (AvgIpc) is 2.38. The molecule has 0 aliphatic heterocycles. The Morgan fingerprint density at radius 3 is 2.61 bits per heavy atom. The van der Waals surface area contributed by atoms with E-state index in [4.69, 9.17) is 5.73 Å². The third kappa shape index (κ3) is 3.00. The summed E-state index contributed by atoms with van der Waals surface area (Å²) in [5.41, 5.74) is 7.66. The molecule has 0 unspecified atom stereocenters. The van der Waals surface area contributed by atoms with Crippen LogP contribution in [0.5, 0.6) is 0 Å². The number of carbonyl (C=O) groups excluding carboxylic acids is 2. The zero-order chi connectivity index (χ0) is 13.7. The van der Waals surface area contributed by atoms with E-state index in [1.807, 2.05) is 19.9 Å². The first kappa shape index (κ1) is 14.0. The van der Waals surface area contributed by atoms with Gasteiger partial charge < -0.3 is 16.0 Å². The molecule has 0 atom stereocenters. The standard InChI is InChI=1S/C13H19N3O2/c1-4-16(8-11(17)15-3)13(18)10-7-5-6-9(2)12(10)14/h5-7H,4,8,14H2,1-3H3,(H,15,17). The molecule has 1 rings (SSSR count). The number of nitrogens with two attached hydrogens (primary N) is 1. The predicted octanol–water partition coefficient (Wildman–Crippen LogP) is 0.785. The van der Waals surface area contributed by atoms with Gasteiger partial charge in [0.1, 0.15) is 0 Å². The molecule has 2 amide bonds. The molecule has 1 aromatic rings. The van der Waals surface area contributed by atoms with Crippen LogP contribution in [0.3, 0.4) is 0 Å². The number of hydrogen-bond acceptors (Lipinski definition) is 3. The summed E-state index contributed by atoms with van der Waals surface area (Å²) in [4.78, 5) is 25.1. The zero-order valence-corrected chi connectivity index (χ0v) is 11.0. The summed E-state index contributed by atoms with van der Waals surface area (Å²) in [5, 5.41) is 2.50. The largest absolute Gasteiger partial charge is 0.398 e. The Bertz CT molecular complexity index is 458. The first-order chi connectivity index (χ1) is 8.51. The van der Waals surface area contributed by atoms with Gasteiger partial charge in [-0.25, -0.2) is 0 Å². The van der Waals surface area contributed by atoms with Gasteiger partial charge >= 0.3 is 0 Å². The Morgan fingerprint density at radius 1 is 1.39 bits per heavy atom. The highest BCUT2D eigenvalue weighted by atomic mass is 16.2. The van der Waals surface area contributed by atoms with E-state index in [0.29, 0.717) is 17.8 Å². The molecule has 3 N–H and O–H groups in total. The molecule has 0 heterocycles. The molecule has 0 saturated heterocycles. The quantitative estimate of drug-likeness (QED) is 0.774. The maximum Gasteiger partial charge on any atom is 0.256 e. The molecule has 1 aromatic carbocycles. The highest BCUT2D eigenvalue weighted by Crippen LogP contribution is 2.18. The van der Waals surface area contributed by atoms with Crippen molar-refractivity contribution in [3.05, 3.63) is 29.3 Å². The van der Waals surface area contributed by atoms with E-state index in [0.717, 1.165) is 5.56 Å². The highest BCUT2D eigenvalue weighted by Gasteiger charge is 2.19. The third-order valence-electron chi connectivity index (χ3n) is 2.84. The summed E-state index contributed by atoms with van der Waals surface area (Å²) in [7, 11) is 1.54. The number of likely N-dealkylation sites (N-methyl/N-ethyl adjacent to an activating group) is 2. The number of rotatable bonds is 4. The average molecular weight is 249 g/mol. The molecule has 0 bridgehead atoms. The highest BCUT2D eigenvalue weighted by molar-refractivity contribution is 6.01. The number of nitrogen functional groups attached to an aromatic ring is 1. The number of para-hydroxylation sites is 1. The number of anilines is 1. The molecular formula is C13H19N3O2. The molecule has 0 aromatic heterocycles. The molecule has 0 radical (unpaired) electrons. The van der Waals surface area contributed by atoms with Crippen LogP contribution in [0.15, 0.2) is 18.2 Å².